The Kier molecular flexibility index (Phi) is 3.16. The molecule has 0 aliphatic rings. The smallest absolute Gasteiger partial charge is 0.259 e. The maximum atomic E-state index is 12.1. The summed E-state index contributed by atoms with van der Waals surface area (Å²) in [6, 6.07) is 12.4. The van der Waals surface area contributed by atoms with E-state index < -0.39 is 0 Å². The molecule has 5 heteroatoms. The van der Waals surface area contributed by atoms with E-state index in [9.17, 15) is 4.79 Å². The van der Waals surface area contributed by atoms with Gasteiger partial charge in [-0.05, 0) is 30.3 Å². The standard InChI is InChI=1S/C15H11ClN2O2/c1-20-13-7-6-9(16)8-11(13)14-17-12-5-3-2-4-10(12)15(19)18-14/h2-8H,1H3,(H,17,18,19). The molecule has 1 heterocycles. The second-order valence-electron chi connectivity index (χ2n) is 4.28. The number of halogens is 1. The third kappa shape index (κ3) is 2.14. The maximum absolute atomic E-state index is 12.1. The Morgan fingerprint density at radius 1 is 1.20 bits per heavy atom. The highest BCUT2D eigenvalue weighted by Crippen LogP contribution is 2.30. The van der Waals surface area contributed by atoms with Gasteiger partial charge in [0.25, 0.3) is 5.56 Å². The van der Waals surface area contributed by atoms with Gasteiger partial charge in [0.05, 0.1) is 23.6 Å². The number of nitrogens with zero attached hydrogens (tertiary/aromatic N) is 1. The van der Waals surface area contributed by atoms with Gasteiger partial charge in [-0.1, -0.05) is 23.7 Å². The lowest BCUT2D eigenvalue weighted by atomic mass is 10.1. The molecular weight excluding hydrogens is 276 g/mol. The molecule has 1 N–H and O–H groups in total. The molecule has 100 valence electrons. The van der Waals surface area contributed by atoms with Crippen molar-refractivity contribution in [1.82, 2.24) is 9.97 Å². The molecule has 2 aromatic carbocycles. The predicted octanol–water partition coefficient (Wildman–Crippen LogP) is 3.25. The van der Waals surface area contributed by atoms with Crippen molar-refractivity contribution in [2.45, 2.75) is 0 Å². The third-order valence-electron chi connectivity index (χ3n) is 3.03. The third-order valence-corrected chi connectivity index (χ3v) is 3.26. The Morgan fingerprint density at radius 2 is 2.00 bits per heavy atom. The first-order chi connectivity index (χ1) is 9.69. The van der Waals surface area contributed by atoms with E-state index in [0.29, 0.717) is 33.1 Å². The monoisotopic (exact) mass is 286 g/mol. The Morgan fingerprint density at radius 3 is 2.80 bits per heavy atom. The van der Waals surface area contributed by atoms with Gasteiger partial charge in [0.15, 0.2) is 0 Å². The van der Waals surface area contributed by atoms with Crippen LogP contribution in [0.4, 0.5) is 0 Å². The molecule has 0 saturated carbocycles. The zero-order valence-electron chi connectivity index (χ0n) is 10.7. The maximum Gasteiger partial charge on any atom is 0.259 e. The van der Waals surface area contributed by atoms with Crippen molar-refractivity contribution < 1.29 is 4.74 Å². The molecule has 0 unspecified atom stereocenters. The summed E-state index contributed by atoms with van der Waals surface area (Å²) in [7, 11) is 1.56. The fraction of sp³-hybridized carbons (Fsp3) is 0.0667. The fourth-order valence-corrected chi connectivity index (χ4v) is 2.25. The fourth-order valence-electron chi connectivity index (χ4n) is 2.08. The molecule has 3 aromatic rings. The number of nitrogens with one attached hydrogen (secondary N) is 1. The van der Waals surface area contributed by atoms with E-state index >= 15 is 0 Å². The minimum Gasteiger partial charge on any atom is -0.496 e. The Hall–Kier alpha value is -2.33. The summed E-state index contributed by atoms with van der Waals surface area (Å²) in [4.78, 5) is 19.3. The van der Waals surface area contributed by atoms with Crippen LogP contribution in [-0.2, 0) is 0 Å². The highest BCUT2D eigenvalue weighted by Gasteiger charge is 2.11. The van der Waals surface area contributed by atoms with Crippen LogP contribution < -0.4 is 10.3 Å². The Balaban J connectivity index is 2.30. The molecular formula is C15H11ClN2O2. The number of ether oxygens (including phenoxy) is 1. The van der Waals surface area contributed by atoms with Gasteiger partial charge in [-0.15, -0.1) is 0 Å². The van der Waals surface area contributed by atoms with Crippen LogP contribution in [0.25, 0.3) is 22.3 Å². The summed E-state index contributed by atoms with van der Waals surface area (Å²) in [6.45, 7) is 0. The summed E-state index contributed by atoms with van der Waals surface area (Å²) in [6.07, 6.45) is 0. The van der Waals surface area contributed by atoms with Crippen LogP contribution in [0, 0.1) is 0 Å². The minimum atomic E-state index is -0.187. The molecule has 0 radical (unpaired) electrons. The number of rotatable bonds is 2. The highest BCUT2D eigenvalue weighted by atomic mass is 35.5. The van der Waals surface area contributed by atoms with Crippen molar-refractivity contribution in [3.63, 3.8) is 0 Å². The summed E-state index contributed by atoms with van der Waals surface area (Å²) in [5.41, 5.74) is 1.10. The van der Waals surface area contributed by atoms with Gasteiger partial charge in [-0.3, -0.25) is 4.79 Å². The molecule has 0 spiro atoms. The average molecular weight is 287 g/mol. The molecule has 0 bridgehead atoms. The first-order valence-corrected chi connectivity index (χ1v) is 6.40. The summed E-state index contributed by atoms with van der Waals surface area (Å²) < 4.78 is 5.29. The molecule has 0 atom stereocenters. The lowest BCUT2D eigenvalue weighted by molar-refractivity contribution is 0.416. The number of aromatic amines is 1. The zero-order valence-corrected chi connectivity index (χ0v) is 11.4. The van der Waals surface area contributed by atoms with Gasteiger partial charge in [0, 0.05) is 5.02 Å². The first-order valence-electron chi connectivity index (χ1n) is 6.02. The largest absolute Gasteiger partial charge is 0.496 e. The molecule has 0 aliphatic heterocycles. The minimum absolute atomic E-state index is 0.187. The van der Waals surface area contributed by atoms with Crippen LogP contribution in [0.2, 0.25) is 5.02 Å². The van der Waals surface area contributed by atoms with E-state index in [2.05, 4.69) is 9.97 Å². The normalized spacial score (nSPS) is 10.7. The summed E-state index contributed by atoms with van der Waals surface area (Å²) >= 11 is 6.01. The van der Waals surface area contributed by atoms with Gasteiger partial charge in [0.2, 0.25) is 0 Å². The lowest BCUT2D eigenvalue weighted by Crippen LogP contribution is -2.09. The number of hydrogen-bond donors (Lipinski definition) is 1. The number of hydrogen-bond acceptors (Lipinski definition) is 3. The average Bonchev–Trinajstić information content (AvgIpc) is 2.47. The van der Waals surface area contributed by atoms with Crippen LogP contribution in [-0.4, -0.2) is 17.1 Å². The van der Waals surface area contributed by atoms with Crippen LogP contribution in [0.5, 0.6) is 5.75 Å². The van der Waals surface area contributed by atoms with Crippen molar-refractivity contribution in [3.8, 4) is 17.1 Å². The second-order valence-corrected chi connectivity index (χ2v) is 4.71. The van der Waals surface area contributed by atoms with E-state index in [0.717, 1.165) is 0 Å². The van der Waals surface area contributed by atoms with Crippen LogP contribution in [0.15, 0.2) is 47.3 Å². The van der Waals surface area contributed by atoms with Gasteiger partial charge >= 0.3 is 0 Å². The van der Waals surface area contributed by atoms with E-state index in [4.69, 9.17) is 16.3 Å². The lowest BCUT2D eigenvalue weighted by Gasteiger charge is -2.08. The number of para-hydroxylation sites is 1. The number of methoxy groups -OCH3 is 1. The van der Waals surface area contributed by atoms with Crippen molar-refractivity contribution in [3.05, 3.63) is 57.8 Å². The van der Waals surface area contributed by atoms with Crippen molar-refractivity contribution in [2.75, 3.05) is 7.11 Å². The second kappa shape index (κ2) is 4.98. The molecule has 3 rings (SSSR count). The Labute approximate surface area is 120 Å². The zero-order chi connectivity index (χ0) is 14.1. The van der Waals surface area contributed by atoms with E-state index in [1.807, 2.05) is 6.07 Å². The highest BCUT2D eigenvalue weighted by molar-refractivity contribution is 6.30. The molecule has 0 aliphatic carbocycles. The Bertz CT molecular complexity index is 843. The summed E-state index contributed by atoms with van der Waals surface area (Å²) in [5.74, 6) is 1.04. The number of benzene rings is 2. The van der Waals surface area contributed by atoms with E-state index in [-0.39, 0.29) is 5.56 Å². The van der Waals surface area contributed by atoms with Gasteiger partial charge in [0.1, 0.15) is 11.6 Å². The molecule has 20 heavy (non-hydrogen) atoms. The topological polar surface area (TPSA) is 55.0 Å². The van der Waals surface area contributed by atoms with Crippen molar-refractivity contribution in [2.24, 2.45) is 0 Å². The van der Waals surface area contributed by atoms with Crippen LogP contribution in [0.3, 0.4) is 0 Å². The molecule has 0 fully saturated rings. The molecule has 1 aromatic heterocycles. The first kappa shape index (κ1) is 12.7. The molecule has 0 saturated heterocycles. The van der Waals surface area contributed by atoms with Crippen molar-refractivity contribution in [1.29, 1.82) is 0 Å². The molecule has 0 amide bonds. The number of fused-ring (bicyclic) bond motifs is 1. The number of H-pyrrole nitrogens is 1. The number of aromatic nitrogens is 2. The van der Waals surface area contributed by atoms with Gasteiger partial charge < -0.3 is 9.72 Å². The van der Waals surface area contributed by atoms with Crippen LogP contribution >= 0.6 is 11.6 Å². The SMILES string of the molecule is COc1ccc(Cl)cc1-c1nc2ccccc2c(=O)[nH]1. The van der Waals surface area contributed by atoms with E-state index in [1.54, 1.807) is 43.5 Å². The summed E-state index contributed by atoms with van der Waals surface area (Å²) in [5, 5.41) is 1.11. The van der Waals surface area contributed by atoms with Crippen molar-refractivity contribution >= 4 is 22.5 Å². The van der Waals surface area contributed by atoms with E-state index in [1.165, 1.54) is 0 Å². The molecule has 4 nitrogen and oxygen atoms in total. The van der Waals surface area contributed by atoms with Gasteiger partial charge in [-0.2, -0.15) is 0 Å². The predicted molar refractivity (Wildman–Crippen MR) is 79.4 cm³/mol. The van der Waals surface area contributed by atoms with Gasteiger partial charge in [-0.25, -0.2) is 4.98 Å². The van der Waals surface area contributed by atoms with Crippen LogP contribution in [0.1, 0.15) is 0 Å². The quantitative estimate of drug-likeness (QED) is 0.787.